The van der Waals surface area contributed by atoms with Gasteiger partial charge in [-0.2, -0.15) is 4.68 Å². The molecule has 0 aliphatic carbocycles. The maximum absolute atomic E-state index is 11.6. The summed E-state index contributed by atoms with van der Waals surface area (Å²) in [4.78, 5) is 11.6. The number of ether oxygens (including phenoxy) is 1. The first-order valence-electron chi connectivity index (χ1n) is 5.95. The molecule has 3 rings (SSSR count). The van der Waals surface area contributed by atoms with Crippen LogP contribution in [0, 0.1) is 0 Å². The fourth-order valence-electron chi connectivity index (χ4n) is 1.93. The van der Waals surface area contributed by atoms with E-state index in [0.717, 1.165) is 5.69 Å². The number of carbonyl (C=O) groups excluding carboxylic acids is 1. The molecule has 1 saturated heterocycles. The van der Waals surface area contributed by atoms with E-state index in [0.29, 0.717) is 11.6 Å². The lowest BCUT2D eigenvalue weighted by atomic mass is 10.3. The van der Waals surface area contributed by atoms with E-state index >= 15 is 0 Å². The number of carbonyl (C=O) groups is 1. The molecular weight excluding hydrogens is 264 g/mol. The molecular formula is C12H12N4O2S. The fourth-order valence-corrected chi connectivity index (χ4v) is 3.03. The Balaban J connectivity index is 1.83. The van der Waals surface area contributed by atoms with Crippen molar-refractivity contribution in [2.24, 2.45) is 0 Å². The van der Waals surface area contributed by atoms with Gasteiger partial charge in [-0.05, 0) is 29.5 Å². The predicted octanol–water partition coefficient (Wildman–Crippen LogP) is 1.46. The summed E-state index contributed by atoms with van der Waals surface area (Å²) in [5, 5.41) is 12.0. The van der Waals surface area contributed by atoms with Gasteiger partial charge in [0.05, 0.1) is 5.69 Å². The highest BCUT2D eigenvalue weighted by Gasteiger charge is 2.34. The molecule has 0 spiro atoms. The van der Waals surface area contributed by atoms with Gasteiger partial charge in [0.1, 0.15) is 11.4 Å². The number of aromatic nitrogens is 4. The zero-order valence-corrected chi connectivity index (χ0v) is 11.1. The lowest BCUT2D eigenvalue weighted by molar-refractivity contribution is -0.140. The third-order valence-corrected chi connectivity index (χ3v) is 3.95. The van der Waals surface area contributed by atoms with Gasteiger partial charge in [0, 0.05) is 6.42 Å². The molecule has 2 aromatic rings. The number of benzene rings is 1. The molecule has 7 heteroatoms. The van der Waals surface area contributed by atoms with Crippen molar-refractivity contribution >= 4 is 17.7 Å². The molecule has 0 saturated carbocycles. The number of hydrogen-bond donors (Lipinski definition) is 0. The first-order chi connectivity index (χ1) is 9.24. The second kappa shape index (κ2) is 5.00. The van der Waals surface area contributed by atoms with E-state index in [1.807, 2.05) is 37.3 Å². The minimum atomic E-state index is -0.233. The summed E-state index contributed by atoms with van der Waals surface area (Å²) in [5.74, 6) is -0.194. The Kier molecular flexibility index (Phi) is 3.20. The van der Waals surface area contributed by atoms with E-state index < -0.39 is 0 Å². The van der Waals surface area contributed by atoms with Crippen LogP contribution in [0.5, 0.6) is 0 Å². The number of esters is 1. The van der Waals surface area contributed by atoms with Gasteiger partial charge in [-0.1, -0.05) is 30.0 Å². The first-order valence-corrected chi connectivity index (χ1v) is 6.83. The van der Waals surface area contributed by atoms with E-state index in [4.69, 9.17) is 4.74 Å². The third kappa shape index (κ3) is 2.46. The summed E-state index contributed by atoms with van der Waals surface area (Å²) in [6, 6.07) is 9.58. The van der Waals surface area contributed by atoms with Crippen LogP contribution < -0.4 is 0 Å². The molecule has 2 atom stereocenters. The highest BCUT2D eigenvalue weighted by Crippen LogP contribution is 2.31. The van der Waals surface area contributed by atoms with Crippen LogP contribution in [0.15, 0.2) is 35.5 Å². The van der Waals surface area contributed by atoms with Crippen molar-refractivity contribution in [2.75, 3.05) is 0 Å². The van der Waals surface area contributed by atoms with Gasteiger partial charge < -0.3 is 4.74 Å². The minimum absolute atomic E-state index is 0.0361. The van der Waals surface area contributed by atoms with Crippen LogP contribution in [0.2, 0.25) is 0 Å². The molecule has 2 heterocycles. The molecule has 0 unspecified atom stereocenters. The van der Waals surface area contributed by atoms with Gasteiger partial charge in [0.2, 0.25) is 5.16 Å². The number of rotatable bonds is 3. The van der Waals surface area contributed by atoms with Crippen molar-refractivity contribution in [1.82, 2.24) is 20.2 Å². The third-order valence-electron chi connectivity index (χ3n) is 2.82. The maximum Gasteiger partial charge on any atom is 0.319 e. The van der Waals surface area contributed by atoms with Crippen LogP contribution in [0.3, 0.4) is 0 Å². The second-order valence-electron chi connectivity index (χ2n) is 4.30. The predicted molar refractivity (Wildman–Crippen MR) is 69.0 cm³/mol. The Morgan fingerprint density at radius 1 is 1.37 bits per heavy atom. The molecule has 1 aromatic carbocycles. The molecule has 6 nitrogen and oxygen atoms in total. The number of hydrogen-bond acceptors (Lipinski definition) is 6. The lowest BCUT2D eigenvalue weighted by Gasteiger charge is -2.05. The number of cyclic esters (lactones) is 1. The van der Waals surface area contributed by atoms with E-state index in [1.165, 1.54) is 11.8 Å². The van der Waals surface area contributed by atoms with Gasteiger partial charge in [0.25, 0.3) is 0 Å². The first kappa shape index (κ1) is 12.2. The Morgan fingerprint density at radius 3 is 2.84 bits per heavy atom. The number of para-hydroxylation sites is 1. The van der Waals surface area contributed by atoms with E-state index in [-0.39, 0.29) is 17.3 Å². The molecule has 98 valence electrons. The Hall–Kier alpha value is -1.89. The van der Waals surface area contributed by atoms with Crippen molar-refractivity contribution < 1.29 is 9.53 Å². The van der Waals surface area contributed by atoms with Crippen LogP contribution in [0.4, 0.5) is 0 Å². The molecule has 19 heavy (non-hydrogen) atoms. The smallest absolute Gasteiger partial charge is 0.319 e. The quantitative estimate of drug-likeness (QED) is 0.790. The standard InChI is InChI=1S/C12H12N4O2S/c1-8-7-10(11(17)18-8)19-12-13-14-15-16(12)9-5-3-2-4-6-9/h2-6,8,10H,7H2,1H3/t8-,10+/m1/s1. The van der Waals surface area contributed by atoms with E-state index in [2.05, 4.69) is 15.5 Å². The van der Waals surface area contributed by atoms with Crippen LogP contribution in [0.1, 0.15) is 13.3 Å². The Morgan fingerprint density at radius 2 is 2.16 bits per heavy atom. The van der Waals surface area contributed by atoms with Crippen molar-refractivity contribution in [2.45, 2.75) is 29.9 Å². The summed E-state index contributed by atoms with van der Waals surface area (Å²) in [6.45, 7) is 1.89. The minimum Gasteiger partial charge on any atom is -0.462 e. The largest absolute Gasteiger partial charge is 0.462 e. The van der Waals surface area contributed by atoms with Gasteiger partial charge in [-0.25, -0.2) is 0 Å². The molecule has 0 radical (unpaired) electrons. The molecule has 1 fully saturated rings. The molecule has 1 aliphatic rings. The zero-order chi connectivity index (χ0) is 13.2. The number of thioether (sulfide) groups is 1. The van der Waals surface area contributed by atoms with Crippen molar-refractivity contribution in [1.29, 1.82) is 0 Å². The summed E-state index contributed by atoms with van der Waals surface area (Å²) >= 11 is 1.34. The summed E-state index contributed by atoms with van der Waals surface area (Å²) < 4.78 is 6.76. The van der Waals surface area contributed by atoms with Gasteiger partial charge in [-0.3, -0.25) is 4.79 Å². The van der Waals surface area contributed by atoms with Gasteiger partial charge in [-0.15, -0.1) is 5.10 Å². The SMILES string of the molecule is C[C@@H]1C[C@H](Sc2nnnn2-c2ccccc2)C(=O)O1. The van der Waals surface area contributed by atoms with Crippen LogP contribution in [-0.2, 0) is 9.53 Å². The van der Waals surface area contributed by atoms with Crippen molar-refractivity contribution in [3.05, 3.63) is 30.3 Å². The summed E-state index contributed by atoms with van der Waals surface area (Å²) in [7, 11) is 0. The molecule has 1 aromatic heterocycles. The normalized spacial score (nSPS) is 22.5. The highest BCUT2D eigenvalue weighted by atomic mass is 32.2. The fraction of sp³-hybridized carbons (Fsp3) is 0.333. The van der Waals surface area contributed by atoms with Crippen LogP contribution in [-0.4, -0.2) is 37.5 Å². The Labute approximate surface area is 114 Å². The average Bonchev–Trinajstić information content (AvgIpc) is 2.98. The second-order valence-corrected chi connectivity index (χ2v) is 5.47. The topological polar surface area (TPSA) is 69.9 Å². The van der Waals surface area contributed by atoms with E-state index in [1.54, 1.807) is 4.68 Å². The Bertz CT molecular complexity index is 586. The van der Waals surface area contributed by atoms with Crippen molar-refractivity contribution in [3.63, 3.8) is 0 Å². The monoisotopic (exact) mass is 276 g/mol. The average molecular weight is 276 g/mol. The lowest BCUT2D eigenvalue weighted by Crippen LogP contribution is -2.11. The molecule has 0 amide bonds. The van der Waals surface area contributed by atoms with Crippen LogP contribution in [0.25, 0.3) is 5.69 Å². The summed E-state index contributed by atoms with van der Waals surface area (Å²) in [6.07, 6.45) is 0.650. The zero-order valence-electron chi connectivity index (χ0n) is 10.3. The number of tetrazole rings is 1. The van der Waals surface area contributed by atoms with Gasteiger partial charge in [0.15, 0.2) is 0 Å². The number of nitrogens with zero attached hydrogens (tertiary/aromatic N) is 4. The summed E-state index contributed by atoms with van der Waals surface area (Å²) in [5.41, 5.74) is 0.870. The highest BCUT2D eigenvalue weighted by molar-refractivity contribution is 8.00. The molecule has 0 N–H and O–H groups in total. The van der Waals surface area contributed by atoms with Gasteiger partial charge >= 0.3 is 5.97 Å². The molecule has 1 aliphatic heterocycles. The maximum atomic E-state index is 11.6. The van der Waals surface area contributed by atoms with Crippen LogP contribution >= 0.6 is 11.8 Å². The van der Waals surface area contributed by atoms with Crippen molar-refractivity contribution in [3.8, 4) is 5.69 Å². The molecule has 0 bridgehead atoms. The van der Waals surface area contributed by atoms with E-state index in [9.17, 15) is 4.79 Å².